The van der Waals surface area contributed by atoms with E-state index in [9.17, 15) is 10.2 Å². The summed E-state index contributed by atoms with van der Waals surface area (Å²) in [5.41, 5.74) is 0.144. The molecule has 0 saturated heterocycles. The lowest BCUT2D eigenvalue weighted by atomic mass is 9.74. The second-order valence-corrected chi connectivity index (χ2v) is 6.48. The molecule has 2 unspecified atom stereocenters. The van der Waals surface area contributed by atoms with Gasteiger partial charge in [0, 0.05) is 25.2 Å². The standard InChI is InChI=1S/C15H29NO2/c17-10-14-6-4-5-13(14)9-16-11-15(12-18)7-2-1-3-8-15/h13-14,16-18H,1-12H2. The summed E-state index contributed by atoms with van der Waals surface area (Å²) < 4.78 is 0. The predicted octanol–water partition coefficient (Wildman–Crippen LogP) is 1.93. The maximum atomic E-state index is 9.65. The number of aliphatic hydroxyl groups excluding tert-OH is 2. The van der Waals surface area contributed by atoms with E-state index in [4.69, 9.17) is 0 Å². The van der Waals surface area contributed by atoms with E-state index in [0.717, 1.165) is 13.1 Å². The quantitative estimate of drug-likeness (QED) is 0.680. The highest BCUT2D eigenvalue weighted by molar-refractivity contribution is 4.86. The van der Waals surface area contributed by atoms with E-state index in [0.29, 0.717) is 25.0 Å². The average molecular weight is 255 g/mol. The highest BCUT2D eigenvalue weighted by atomic mass is 16.3. The molecule has 0 spiro atoms. The molecule has 2 atom stereocenters. The van der Waals surface area contributed by atoms with Gasteiger partial charge >= 0.3 is 0 Å². The number of aliphatic hydroxyl groups is 2. The van der Waals surface area contributed by atoms with Crippen LogP contribution in [0.25, 0.3) is 0 Å². The van der Waals surface area contributed by atoms with Crippen LogP contribution in [0.5, 0.6) is 0 Å². The average Bonchev–Trinajstić information content (AvgIpc) is 2.87. The van der Waals surface area contributed by atoms with Gasteiger partial charge in [-0.25, -0.2) is 0 Å². The number of nitrogens with one attached hydrogen (secondary N) is 1. The van der Waals surface area contributed by atoms with E-state index in [1.54, 1.807) is 0 Å². The molecule has 0 aromatic rings. The third-order valence-electron chi connectivity index (χ3n) is 5.21. The molecule has 0 heterocycles. The smallest absolute Gasteiger partial charge is 0.0499 e. The Labute approximate surface area is 111 Å². The minimum absolute atomic E-state index is 0.144. The van der Waals surface area contributed by atoms with E-state index < -0.39 is 0 Å². The van der Waals surface area contributed by atoms with Gasteiger partial charge in [-0.3, -0.25) is 0 Å². The Kier molecular flexibility index (Phi) is 5.46. The van der Waals surface area contributed by atoms with Gasteiger partial charge in [0.05, 0.1) is 0 Å². The molecule has 3 nitrogen and oxygen atoms in total. The SMILES string of the molecule is OCC1CCCC1CNCC1(CO)CCCCC1. The van der Waals surface area contributed by atoms with Crippen molar-refractivity contribution in [1.82, 2.24) is 5.32 Å². The molecule has 2 rings (SSSR count). The number of rotatable bonds is 6. The van der Waals surface area contributed by atoms with Crippen LogP contribution in [-0.2, 0) is 0 Å². The highest BCUT2D eigenvalue weighted by Crippen LogP contribution is 2.36. The lowest BCUT2D eigenvalue weighted by Gasteiger charge is -2.36. The van der Waals surface area contributed by atoms with Crippen LogP contribution in [-0.4, -0.2) is 36.5 Å². The second-order valence-electron chi connectivity index (χ2n) is 6.48. The second kappa shape index (κ2) is 6.88. The topological polar surface area (TPSA) is 52.5 Å². The van der Waals surface area contributed by atoms with Crippen molar-refractivity contribution in [3.05, 3.63) is 0 Å². The van der Waals surface area contributed by atoms with Gasteiger partial charge in [-0.05, 0) is 44.1 Å². The lowest BCUT2D eigenvalue weighted by molar-refractivity contribution is 0.0789. The van der Waals surface area contributed by atoms with Gasteiger partial charge in [0.15, 0.2) is 0 Å². The van der Waals surface area contributed by atoms with Crippen LogP contribution in [0.3, 0.4) is 0 Å². The normalized spacial score (nSPS) is 31.7. The molecule has 0 radical (unpaired) electrons. The zero-order valence-corrected chi connectivity index (χ0v) is 11.5. The zero-order valence-electron chi connectivity index (χ0n) is 11.5. The van der Waals surface area contributed by atoms with Crippen LogP contribution in [0.1, 0.15) is 51.4 Å². The third-order valence-corrected chi connectivity index (χ3v) is 5.21. The molecular weight excluding hydrogens is 226 g/mol. The van der Waals surface area contributed by atoms with Crippen molar-refractivity contribution in [3.8, 4) is 0 Å². The van der Waals surface area contributed by atoms with E-state index in [2.05, 4.69) is 5.32 Å². The van der Waals surface area contributed by atoms with Crippen molar-refractivity contribution in [2.75, 3.05) is 26.3 Å². The molecule has 3 heteroatoms. The summed E-state index contributed by atoms with van der Waals surface area (Å²) in [5.74, 6) is 1.16. The van der Waals surface area contributed by atoms with Crippen molar-refractivity contribution in [2.24, 2.45) is 17.3 Å². The predicted molar refractivity (Wildman–Crippen MR) is 73.4 cm³/mol. The summed E-state index contributed by atoms with van der Waals surface area (Å²) in [6, 6.07) is 0. The summed E-state index contributed by atoms with van der Waals surface area (Å²) in [4.78, 5) is 0. The van der Waals surface area contributed by atoms with Crippen LogP contribution in [0.4, 0.5) is 0 Å². The van der Waals surface area contributed by atoms with Gasteiger partial charge in [-0.15, -0.1) is 0 Å². The Morgan fingerprint density at radius 1 is 0.944 bits per heavy atom. The Hall–Kier alpha value is -0.120. The van der Waals surface area contributed by atoms with Gasteiger partial charge in [-0.1, -0.05) is 25.7 Å². The summed E-state index contributed by atoms with van der Waals surface area (Å²) in [5, 5.41) is 22.5. The van der Waals surface area contributed by atoms with E-state index >= 15 is 0 Å². The zero-order chi connectivity index (χ0) is 12.8. The molecule has 2 aliphatic carbocycles. The van der Waals surface area contributed by atoms with E-state index in [1.807, 2.05) is 0 Å². The first-order valence-electron chi connectivity index (χ1n) is 7.72. The summed E-state index contributed by atoms with van der Waals surface area (Å²) in [7, 11) is 0. The van der Waals surface area contributed by atoms with Crippen molar-refractivity contribution >= 4 is 0 Å². The molecule has 18 heavy (non-hydrogen) atoms. The lowest BCUT2D eigenvalue weighted by Crippen LogP contribution is -2.41. The van der Waals surface area contributed by atoms with E-state index in [-0.39, 0.29) is 5.41 Å². The largest absolute Gasteiger partial charge is 0.396 e. The van der Waals surface area contributed by atoms with E-state index in [1.165, 1.54) is 51.4 Å². The molecular formula is C15H29NO2. The van der Waals surface area contributed by atoms with Gasteiger partial charge in [-0.2, -0.15) is 0 Å². The summed E-state index contributed by atoms with van der Waals surface area (Å²) in [6.45, 7) is 2.65. The fraction of sp³-hybridized carbons (Fsp3) is 1.00. The Balaban J connectivity index is 1.73. The van der Waals surface area contributed by atoms with Gasteiger partial charge in [0.2, 0.25) is 0 Å². The van der Waals surface area contributed by atoms with Crippen LogP contribution in [0, 0.1) is 17.3 Å². The molecule has 2 aliphatic rings. The van der Waals surface area contributed by atoms with Crippen molar-refractivity contribution < 1.29 is 10.2 Å². The van der Waals surface area contributed by atoms with Crippen LogP contribution in [0.2, 0.25) is 0 Å². The molecule has 0 amide bonds. The Bertz CT molecular complexity index is 239. The van der Waals surface area contributed by atoms with Crippen LogP contribution < -0.4 is 5.32 Å². The molecule has 0 aromatic heterocycles. The molecule has 3 N–H and O–H groups in total. The minimum atomic E-state index is 0.144. The van der Waals surface area contributed by atoms with Crippen molar-refractivity contribution in [3.63, 3.8) is 0 Å². The minimum Gasteiger partial charge on any atom is -0.396 e. The Morgan fingerprint density at radius 3 is 2.33 bits per heavy atom. The van der Waals surface area contributed by atoms with Crippen molar-refractivity contribution in [1.29, 1.82) is 0 Å². The first kappa shape index (κ1) is 14.3. The number of hydrogen-bond acceptors (Lipinski definition) is 3. The van der Waals surface area contributed by atoms with Gasteiger partial charge in [0.1, 0.15) is 0 Å². The van der Waals surface area contributed by atoms with Crippen LogP contribution in [0.15, 0.2) is 0 Å². The molecule has 0 aromatic carbocycles. The van der Waals surface area contributed by atoms with Gasteiger partial charge < -0.3 is 15.5 Å². The van der Waals surface area contributed by atoms with Gasteiger partial charge in [0.25, 0.3) is 0 Å². The molecule has 0 aliphatic heterocycles. The van der Waals surface area contributed by atoms with Crippen molar-refractivity contribution in [2.45, 2.75) is 51.4 Å². The monoisotopic (exact) mass is 255 g/mol. The first-order valence-corrected chi connectivity index (χ1v) is 7.72. The maximum absolute atomic E-state index is 9.65. The van der Waals surface area contributed by atoms with Crippen LogP contribution >= 0.6 is 0 Å². The fourth-order valence-corrected chi connectivity index (χ4v) is 3.84. The summed E-state index contributed by atoms with van der Waals surface area (Å²) >= 11 is 0. The highest BCUT2D eigenvalue weighted by Gasteiger charge is 2.32. The fourth-order valence-electron chi connectivity index (χ4n) is 3.84. The molecule has 106 valence electrons. The number of hydrogen-bond donors (Lipinski definition) is 3. The molecule has 0 bridgehead atoms. The maximum Gasteiger partial charge on any atom is 0.0499 e. The molecule has 2 fully saturated rings. The third kappa shape index (κ3) is 3.46. The molecule has 2 saturated carbocycles. The Morgan fingerprint density at radius 2 is 1.67 bits per heavy atom. The summed E-state index contributed by atoms with van der Waals surface area (Å²) in [6.07, 6.45) is 9.92. The first-order chi connectivity index (χ1) is 8.79.